The molecule has 0 radical (unpaired) electrons. The van der Waals surface area contributed by atoms with E-state index in [0.29, 0.717) is 36.0 Å². The molecule has 0 N–H and O–H groups in total. The van der Waals surface area contributed by atoms with Crippen molar-refractivity contribution in [1.82, 2.24) is 15.0 Å². The van der Waals surface area contributed by atoms with Gasteiger partial charge in [0.15, 0.2) is 23.1 Å². The predicted octanol–water partition coefficient (Wildman–Crippen LogP) is 3.42. The average Bonchev–Trinajstić information content (AvgIpc) is 3.41. The maximum Gasteiger partial charge on any atom is 0.232 e. The highest BCUT2D eigenvalue weighted by atomic mass is 19.1. The summed E-state index contributed by atoms with van der Waals surface area (Å²) in [7, 11) is 4.54. The fourth-order valence-corrected chi connectivity index (χ4v) is 3.61. The minimum absolute atomic E-state index is 0.00460. The molecular weight excluding hydrogens is 405 g/mol. The molecule has 0 bridgehead atoms. The molecule has 31 heavy (non-hydrogen) atoms. The van der Waals surface area contributed by atoms with Crippen molar-refractivity contribution < 1.29 is 27.9 Å². The van der Waals surface area contributed by atoms with Crippen LogP contribution in [0.25, 0.3) is 11.4 Å². The van der Waals surface area contributed by atoms with E-state index >= 15 is 0 Å². The van der Waals surface area contributed by atoms with Gasteiger partial charge in [-0.25, -0.2) is 4.39 Å². The molecule has 0 saturated carbocycles. The van der Waals surface area contributed by atoms with E-state index in [4.69, 9.17) is 18.7 Å². The number of amides is 1. The zero-order valence-electron chi connectivity index (χ0n) is 17.4. The van der Waals surface area contributed by atoms with Gasteiger partial charge in [-0.1, -0.05) is 11.2 Å². The van der Waals surface area contributed by atoms with Crippen LogP contribution in [0, 0.1) is 5.82 Å². The summed E-state index contributed by atoms with van der Waals surface area (Å²) < 4.78 is 34.9. The Hall–Kier alpha value is -3.62. The first kappa shape index (κ1) is 20.6. The number of rotatable bonds is 7. The number of methoxy groups -OCH3 is 3. The molecular formula is C22H22FN3O5. The van der Waals surface area contributed by atoms with Crippen LogP contribution in [0.1, 0.15) is 23.8 Å². The van der Waals surface area contributed by atoms with Crippen molar-refractivity contribution in [2.24, 2.45) is 0 Å². The highest BCUT2D eigenvalue weighted by molar-refractivity contribution is 5.79. The van der Waals surface area contributed by atoms with Crippen LogP contribution in [-0.2, 0) is 11.3 Å². The second-order valence-corrected chi connectivity index (χ2v) is 7.17. The average molecular weight is 427 g/mol. The number of carbonyl (C=O) groups is 1. The molecule has 1 amide bonds. The lowest BCUT2D eigenvalue weighted by atomic mass is 10.1. The van der Waals surface area contributed by atoms with E-state index in [1.54, 1.807) is 25.2 Å². The first-order valence-electron chi connectivity index (χ1n) is 9.68. The Morgan fingerprint density at radius 3 is 2.52 bits per heavy atom. The molecule has 162 valence electrons. The summed E-state index contributed by atoms with van der Waals surface area (Å²) >= 11 is 0. The Bertz CT molecular complexity index is 1100. The van der Waals surface area contributed by atoms with Crippen LogP contribution in [0.4, 0.5) is 4.39 Å². The second-order valence-electron chi connectivity index (χ2n) is 7.17. The smallest absolute Gasteiger partial charge is 0.232 e. The number of hydrogen-bond donors (Lipinski definition) is 0. The summed E-state index contributed by atoms with van der Waals surface area (Å²) in [5, 5.41) is 3.95. The van der Waals surface area contributed by atoms with Gasteiger partial charge in [0, 0.05) is 25.1 Å². The Morgan fingerprint density at radius 1 is 1.06 bits per heavy atom. The number of halogens is 1. The normalized spacial score (nSPS) is 15.9. The van der Waals surface area contributed by atoms with Gasteiger partial charge in [-0.05, 0) is 35.9 Å². The molecule has 1 aliphatic rings. The van der Waals surface area contributed by atoms with Gasteiger partial charge in [-0.15, -0.1) is 0 Å². The van der Waals surface area contributed by atoms with E-state index < -0.39 is 5.82 Å². The monoisotopic (exact) mass is 427 g/mol. The van der Waals surface area contributed by atoms with E-state index in [1.807, 2.05) is 18.2 Å². The van der Waals surface area contributed by atoms with Gasteiger partial charge in [-0.2, -0.15) is 4.98 Å². The SMILES string of the molecule is COc1ccc(-c2noc(C3CC(=O)N(Cc4ccc(OC)c(OC)c4)C3)n2)cc1F. The molecule has 4 rings (SSSR count). The minimum Gasteiger partial charge on any atom is -0.494 e. The van der Waals surface area contributed by atoms with Crippen LogP contribution in [-0.4, -0.2) is 48.8 Å². The van der Waals surface area contributed by atoms with Gasteiger partial charge in [0.1, 0.15) is 0 Å². The first-order chi connectivity index (χ1) is 15.0. The van der Waals surface area contributed by atoms with Crippen LogP contribution in [0.2, 0.25) is 0 Å². The standard InChI is InChI=1S/C22H22FN3O5/c1-28-17-7-5-14(9-16(17)23)21-24-22(31-25-21)15-10-20(27)26(12-15)11-13-4-6-18(29-2)19(8-13)30-3/h4-9,15H,10-12H2,1-3H3. The molecule has 2 aromatic carbocycles. The van der Waals surface area contributed by atoms with Crippen molar-refractivity contribution in [3.63, 3.8) is 0 Å². The lowest BCUT2D eigenvalue weighted by molar-refractivity contribution is -0.128. The third kappa shape index (κ3) is 4.16. The number of aromatic nitrogens is 2. The molecule has 1 saturated heterocycles. The molecule has 1 aliphatic heterocycles. The number of hydrogen-bond acceptors (Lipinski definition) is 7. The van der Waals surface area contributed by atoms with Crippen molar-refractivity contribution >= 4 is 5.91 Å². The largest absolute Gasteiger partial charge is 0.494 e. The molecule has 1 aromatic heterocycles. The number of ether oxygens (including phenoxy) is 3. The number of benzene rings is 2. The topological polar surface area (TPSA) is 86.9 Å². The van der Waals surface area contributed by atoms with Gasteiger partial charge < -0.3 is 23.6 Å². The van der Waals surface area contributed by atoms with Gasteiger partial charge in [-0.3, -0.25) is 4.79 Å². The molecule has 2 heterocycles. The fraction of sp³-hybridized carbons (Fsp3) is 0.318. The zero-order valence-corrected chi connectivity index (χ0v) is 17.4. The lowest BCUT2D eigenvalue weighted by Gasteiger charge is -2.17. The van der Waals surface area contributed by atoms with Gasteiger partial charge in [0.25, 0.3) is 0 Å². The highest BCUT2D eigenvalue weighted by Crippen LogP contribution is 2.32. The molecule has 1 atom stereocenters. The summed E-state index contributed by atoms with van der Waals surface area (Å²) in [5.41, 5.74) is 1.39. The first-order valence-corrected chi connectivity index (χ1v) is 9.68. The van der Waals surface area contributed by atoms with Crippen LogP contribution >= 0.6 is 0 Å². The van der Waals surface area contributed by atoms with Crippen LogP contribution in [0.3, 0.4) is 0 Å². The van der Waals surface area contributed by atoms with Crippen molar-refractivity contribution in [3.8, 4) is 28.6 Å². The molecule has 9 heteroatoms. The Balaban J connectivity index is 1.47. The molecule has 1 fully saturated rings. The number of likely N-dealkylation sites (tertiary alicyclic amines) is 1. The number of nitrogens with zero attached hydrogens (tertiary/aromatic N) is 3. The van der Waals surface area contributed by atoms with E-state index in [0.717, 1.165) is 5.56 Å². The second kappa shape index (κ2) is 8.63. The maximum atomic E-state index is 14.0. The van der Waals surface area contributed by atoms with Crippen LogP contribution < -0.4 is 14.2 Å². The fourth-order valence-electron chi connectivity index (χ4n) is 3.61. The Labute approximate surface area is 178 Å². The van der Waals surface area contributed by atoms with E-state index in [1.165, 1.54) is 19.2 Å². The zero-order chi connectivity index (χ0) is 22.0. The van der Waals surface area contributed by atoms with Crippen LogP contribution in [0.15, 0.2) is 40.9 Å². The van der Waals surface area contributed by atoms with E-state index in [2.05, 4.69) is 10.1 Å². The third-order valence-corrected chi connectivity index (χ3v) is 5.24. The molecule has 1 unspecified atom stereocenters. The molecule has 8 nitrogen and oxygen atoms in total. The molecule has 0 aliphatic carbocycles. The summed E-state index contributed by atoms with van der Waals surface area (Å²) in [6.07, 6.45) is 0.270. The summed E-state index contributed by atoms with van der Waals surface area (Å²) in [4.78, 5) is 18.7. The van der Waals surface area contributed by atoms with Crippen molar-refractivity contribution in [1.29, 1.82) is 0 Å². The summed E-state index contributed by atoms with van der Waals surface area (Å²) in [6, 6.07) is 10.00. The molecule has 0 spiro atoms. The predicted molar refractivity (Wildman–Crippen MR) is 109 cm³/mol. The Kier molecular flexibility index (Phi) is 5.75. The molecule has 3 aromatic rings. The Morgan fingerprint density at radius 2 is 1.81 bits per heavy atom. The quantitative estimate of drug-likeness (QED) is 0.571. The maximum absolute atomic E-state index is 14.0. The van der Waals surface area contributed by atoms with E-state index in [-0.39, 0.29) is 29.8 Å². The van der Waals surface area contributed by atoms with Crippen LogP contribution in [0.5, 0.6) is 17.2 Å². The highest BCUT2D eigenvalue weighted by Gasteiger charge is 2.34. The van der Waals surface area contributed by atoms with Gasteiger partial charge in [0.2, 0.25) is 17.6 Å². The summed E-state index contributed by atoms with van der Waals surface area (Å²) in [6.45, 7) is 0.881. The van der Waals surface area contributed by atoms with Crippen molar-refractivity contribution in [2.45, 2.75) is 18.9 Å². The lowest BCUT2D eigenvalue weighted by Crippen LogP contribution is -2.24. The van der Waals surface area contributed by atoms with Crippen molar-refractivity contribution in [2.75, 3.05) is 27.9 Å². The minimum atomic E-state index is -0.511. The number of carbonyl (C=O) groups excluding carboxylic acids is 1. The summed E-state index contributed by atoms with van der Waals surface area (Å²) in [5.74, 6) is 1.26. The third-order valence-electron chi connectivity index (χ3n) is 5.24. The van der Waals surface area contributed by atoms with Crippen molar-refractivity contribution in [3.05, 3.63) is 53.7 Å². The van der Waals surface area contributed by atoms with Gasteiger partial charge >= 0.3 is 0 Å². The van der Waals surface area contributed by atoms with E-state index in [9.17, 15) is 9.18 Å². The van der Waals surface area contributed by atoms with Gasteiger partial charge in [0.05, 0.1) is 27.2 Å².